The highest BCUT2D eigenvalue weighted by molar-refractivity contribution is 5.94. The number of anilines is 2. The SMILES string of the molecule is CCC1CN(c2ncc(-c3nc(N)n[nH]3)[nH]c2=O)CCN1C1CCN(C(=O)c2ccc(C)cc2)CC1. The molecule has 1 amide bonds. The van der Waals surface area contributed by atoms with E-state index >= 15 is 0 Å². The number of likely N-dealkylation sites (tertiary alicyclic amines) is 1. The Balaban J connectivity index is 1.21. The van der Waals surface area contributed by atoms with Crippen molar-refractivity contribution >= 4 is 17.7 Å². The minimum absolute atomic E-state index is 0.113. The molecule has 4 heterocycles. The van der Waals surface area contributed by atoms with Gasteiger partial charge < -0.3 is 20.5 Å². The van der Waals surface area contributed by atoms with E-state index in [1.807, 2.05) is 36.1 Å². The standard InChI is InChI=1S/C25H33N9O2/c1-3-18-15-33(22-23(35)28-20(14-27-22)21-29-25(26)31-30-21)12-13-34(18)19-8-10-32(11-9-19)24(36)17-6-4-16(2)5-7-17/h4-7,14,18-19H,3,8-13,15H2,1-2H3,(H,28,35)(H3,26,29,30,31). The summed E-state index contributed by atoms with van der Waals surface area (Å²) in [6.07, 6.45) is 4.49. The van der Waals surface area contributed by atoms with Crippen LogP contribution in [0.15, 0.2) is 35.3 Å². The lowest BCUT2D eigenvalue weighted by Gasteiger charge is -2.47. The molecule has 0 aliphatic carbocycles. The summed E-state index contributed by atoms with van der Waals surface area (Å²) in [6.45, 7) is 8.07. The fourth-order valence-corrected chi connectivity index (χ4v) is 5.32. The molecule has 5 rings (SSSR count). The number of aryl methyl sites for hydroxylation is 1. The number of aromatic nitrogens is 5. The highest BCUT2D eigenvalue weighted by Crippen LogP contribution is 2.25. The summed E-state index contributed by atoms with van der Waals surface area (Å²) in [6, 6.07) is 8.56. The zero-order chi connectivity index (χ0) is 25.2. The first-order valence-corrected chi connectivity index (χ1v) is 12.6. The highest BCUT2D eigenvalue weighted by Gasteiger charge is 2.35. The largest absolute Gasteiger partial charge is 0.366 e. The highest BCUT2D eigenvalue weighted by atomic mass is 16.2. The number of nitrogen functional groups attached to an aromatic ring is 1. The Morgan fingerprint density at radius 1 is 1.14 bits per heavy atom. The van der Waals surface area contributed by atoms with Crippen molar-refractivity contribution in [3.63, 3.8) is 0 Å². The number of rotatable bonds is 5. The van der Waals surface area contributed by atoms with Crippen LogP contribution in [0.4, 0.5) is 11.8 Å². The van der Waals surface area contributed by atoms with E-state index in [4.69, 9.17) is 5.73 Å². The second-order valence-electron chi connectivity index (χ2n) is 9.63. The van der Waals surface area contributed by atoms with Gasteiger partial charge in [0.15, 0.2) is 11.6 Å². The molecule has 1 atom stereocenters. The number of nitrogens with one attached hydrogen (secondary N) is 2. The molecule has 2 aliphatic heterocycles. The van der Waals surface area contributed by atoms with Gasteiger partial charge >= 0.3 is 0 Å². The minimum atomic E-state index is -0.256. The van der Waals surface area contributed by atoms with Crippen molar-refractivity contribution in [2.24, 2.45) is 0 Å². The topological polar surface area (TPSA) is 140 Å². The van der Waals surface area contributed by atoms with Gasteiger partial charge in [-0.1, -0.05) is 24.6 Å². The summed E-state index contributed by atoms with van der Waals surface area (Å²) in [5.41, 5.74) is 7.67. The summed E-state index contributed by atoms with van der Waals surface area (Å²) < 4.78 is 0. The van der Waals surface area contributed by atoms with E-state index in [2.05, 4.69) is 41.9 Å². The monoisotopic (exact) mass is 491 g/mol. The molecule has 1 unspecified atom stereocenters. The second kappa shape index (κ2) is 10.1. The number of nitrogens with two attached hydrogens (primary N) is 1. The van der Waals surface area contributed by atoms with Crippen molar-refractivity contribution in [2.75, 3.05) is 43.4 Å². The molecule has 2 aromatic heterocycles. The van der Waals surface area contributed by atoms with Crippen LogP contribution in [0.1, 0.15) is 42.1 Å². The molecule has 0 bridgehead atoms. The number of nitrogens with zero attached hydrogens (tertiary/aromatic N) is 6. The van der Waals surface area contributed by atoms with Gasteiger partial charge in [-0.15, -0.1) is 5.10 Å². The van der Waals surface area contributed by atoms with E-state index in [1.165, 1.54) is 0 Å². The Kier molecular flexibility index (Phi) is 6.73. The predicted molar refractivity (Wildman–Crippen MR) is 138 cm³/mol. The van der Waals surface area contributed by atoms with Gasteiger partial charge in [0.2, 0.25) is 5.95 Å². The van der Waals surface area contributed by atoms with Gasteiger partial charge in [0.05, 0.1) is 6.20 Å². The molecule has 0 spiro atoms. The van der Waals surface area contributed by atoms with E-state index < -0.39 is 0 Å². The molecule has 1 aromatic carbocycles. The quantitative estimate of drug-likeness (QED) is 0.489. The first kappa shape index (κ1) is 24.0. The number of benzene rings is 1. The summed E-state index contributed by atoms with van der Waals surface area (Å²) in [5.74, 6) is 1.03. The van der Waals surface area contributed by atoms with Crippen LogP contribution in [0.2, 0.25) is 0 Å². The van der Waals surface area contributed by atoms with Crippen LogP contribution < -0.4 is 16.2 Å². The number of piperidine rings is 1. The molecular formula is C25H33N9O2. The predicted octanol–water partition coefficient (Wildman–Crippen LogP) is 1.65. The molecule has 2 aliphatic rings. The van der Waals surface area contributed by atoms with E-state index in [-0.39, 0.29) is 17.4 Å². The second-order valence-corrected chi connectivity index (χ2v) is 9.63. The molecule has 2 saturated heterocycles. The number of carbonyl (C=O) groups is 1. The van der Waals surface area contributed by atoms with Crippen LogP contribution in [0.25, 0.3) is 11.5 Å². The van der Waals surface area contributed by atoms with Crippen LogP contribution in [0.5, 0.6) is 0 Å². The van der Waals surface area contributed by atoms with Gasteiger partial charge in [-0.2, -0.15) is 4.98 Å². The third-order valence-corrected chi connectivity index (χ3v) is 7.34. The third kappa shape index (κ3) is 4.83. The zero-order valence-corrected chi connectivity index (χ0v) is 20.8. The van der Waals surface area contributed by atoms with Crippen LogP contribution in [0, 0.1) is 6.92 Å². The summed E-state index contributed by atoms with van der Waals surface area (Å²) in [7, 11) is 0. The molecule has 0 radical (unpaired) electrons. The van der Waals surface area contributed by atoms with Crippen molar-refractivity contribution in [1.82, 2.24) is 34.9 Å². The number of carbonyl (C=O) groups excluding carboxylic acids is 1. The number of piperazine rings is 1. The number of H-pyrrole nitrogens is 2. The van der Waals surface area contributed by atoms with Gasteiger partial charge in [-0.05, 0) is 38.3 Å². The van der Waals surface area contributed by atoms with Gasteiger partial charge in [-0.25, -0.2) is 4.98 Å². The lowest BCUT2D eigenvalue weighted by atomic mass is 9.97. The Morgan fingerprint density at radius 3 is 2.53 bits per heavy atom. The maximum Gasteiger partial charge on any atom is 0.291 e. The lowest BCUT2D eigenvalue weighted by molar-refractivity contribution is 0.0490. The van der Waals surface area contributed by atoms with Crippen molar-refractivity contribution in [3.8, 4) is 11.5 Å². The minimum Gasteiger partial charge on any atom is -0.366 e. The van der Waals surface area contributed by atoms with E-state index in [1.54, 1.807) is 6.20 Å². The molecule has 36 heavy (non-hydrogen) atoms. The summed E-state index contributed by atoms with van der Waals surface area (Å²) in [5, 5.41) is 6.48. The van der Waals surface area contributed by atoms with Crippen molar-refractivity contribution in [1.29, 1.82) is 0 Å². The fraction of sp³-hybridized carbons (Fsp3) is 0.480. The smallest absolute Gasteiger partial charge is 0.291 e. The Bertz CT molecular complexity index is 1260. The van der Waals surface area contributed by atoms with Gasteiger partial charge in [0.25, 0.3) is 11.5 Å². The van der Waals surface area contributed by atoms with Crippen LogP contribution in [0.3, 0.4) is 0 Å². The van der Waals surface area contributed by atoms with Crippen LogP contribution in [-0.2, 0) is 0 Å². The number of amides is 1. The molecule has 11 nitrogen and oxygen atoms in total. The number of aromatic amines is 2. The molecular weight excluding hydrogens is 458 g/mol. The van der Waals surface area contributed by atoms with Crippen LogP contribution in [-0.4, -0.2) is 85.7 Å². The average molecular weight is 492 g/mol. The van der Waals surface area contributed by atoms with Gasteiger partial charge in [-0.3, -0.25) is 19.6 Å². The third-order valence-electron chi connectivity index (χ3n) is 7.34. The molecule has 0 saturated carbocycles. The lowest BCUT2D eigenvalue weighted by Crippen LogP contribution is -2.59. The maximum absolute atomic E-state index is 12.9. The molecule has 11 heteroatoms. The van der Waals surface area contributed by atoms with Crippen molar-refractivity contribution in [3.05, 3.63) is 51.9 Å². The van der Waals surface area contributed by atoms with E-state index in [9.17, 15) is 9.59 Å². The number of hydrogen-bond acceptors (Lipinski definition) is 8. The van der Waals surface area contributed by atoms with Crippen molar-refractivity contribution in [2.45, 2.75) is 45.2 Å². The Labute approximate surface area is 209 Å². The van der Waals surface area contributed by atoms with Crippen LogP contribution >= 0.6 is 0 Å². The van der Waals surface area contributed by atoms with Crippen molar-refractivity contribution < 1.29 is 4.79 Å². The van der Waals surface area contributed by atoms with E-state index in [0.29, 0.717) is 29.4 Å². The first-order valence-electron chi connectivity index (χ1n) is 12.6. The Morgan fingerprint density at radius 2 is 1.89 bits per heavy atom. The molecule has 190 valence electrons. The average Bonchev–Trinajstić information content (AvgIpc) is 3.34. The fourth-order valence-electron chi connectivity index (χ4n) is 5.32. The number of hydrogen-bond donors (Lipinski definition) is 3. The maximum atomic E-state index is 12.9. The molecule has 2 fully saturated rings. The zero-order valence-electron chi connectivity index (χ0n) is 20.8. The van der Waals surface area contributed by atoms with Gasteiger partial charge in [0.1, 0.15) is 5.69 Å². The summed E-state index contributed by atoms with van der Waals surface area (Å²) >= 11 is 0. The summed E-state index contributed by atoms with van der Waals surface area (Å²) in [4.78, 5) is 43.7. The molecule has 3 aromatic rings. The molecule has 4 N–H and O–H groups in total. The first-order chi connectivity index (χ1) is 17.4. The van der Waals surface area contributed by atoms with Gasteiger partial charge in [0, 0.05) is 50.4 Å². The normalized spacial score (nSPS) is 19.6. The van der Waals surface area contributed by atoms with E-state index in [0.717, 1.165) is 63.1 Å². The Hall–Kier alpha value is -3.73.